The minimum Gasteiger partial charge on any atom is -0.493 e. The Morgan fingerprint density at radius 1 is 1.33 bits per heavy atom. The van der Waals surface area contributed by atoms with Gasteiger partial charge in [0, 0.05) is 42.8 Å². The first-order valence-corrected chi connectivity index (χ1v) is 12.5. The Morgan fingerprint density at radius 2 is 2.14 bits per heavy atom. The van der Waals surface area contributed by atoms with Gasteiger partial charge in [-0.05, 0) is 37.5 Å². The van der Waals surface area contributed by atoms with Crippen LogP contribution in [0.25, 0.3) is 0 Å². The summed E-state index contributed by atoms with van der Waals surface area (Å²) in [5.41, 5.74) is 1.20. The molecule has 0 unspecified atom stereocenters. The van der Waals surface area contributed by atoms with Crippen LogP contribution in [-0.4, -0.2) is 91.0 Å². The molecule has 1 aliphatic carbocycles. The van der Waals surface area contributed by atoms with E-state index in [1.54, 1.807) is 17.0 Å². The molecular formula is C26H34N2O8. The third-order valence-corrected chi connectivity index (χ3v) is 6.98. The largest absolute Gasteiger partial charge is 0.493 e. The molecule has 3 aliphatic rings. The zero-order valence-electron chi connectivity index (χ0n) is 20.6. The van der Waals surface area contributed by atoms with Crippen molar-refractivity contribution in [3.8, 4) is 11.5 Å². The fourth-order valence-electron chi connectivity index (χ4n) is 5.31. The Morgan fingerprint density at radius 3 is 2.78 bits per heavy atom. The number of aliphatic hydroxyl groups is 2. The summed E-state index contributed by atoms with van der Waals surface area (Å²) in [7, 11) is 1.45. The van der Waals surface area contributed by atoms with Crippen molar-refractivity contribution in [2.24, 2.45) is 0 Å². The van der Waals surface area contributed by atoms with Crippen LogP contribution in [0.15, 0.2) is 23.8 Å². The van der Waals surface area contributed by atoms with Crippen molar-refractivity contribution in [1.82, 2.24) is 10.2 Å². The summed E-state index contributed by atoms with van der Waals surface area (Å²) >= 11 is 0. The Labute approximate surface area is 210 Å². The van der Waals surface area contributed by atoms with Crippen molar-refractivity contribution < 1.29 is 38.8 Å². The second-order valence-corrected chi connectivity index (χ2v) is 9.33. The van der Waals surface area contributed by atoms with E-state index in [0.29, 0.717) is 60.5 Å². The lowest BCUT2D eigenvalue weighted by molar-refractivity contribution is -0.139. The Kier molecular flexibility index (Phi) is 8.28. The molecule has 2 amide bonds. The number of ether oxygens (including phenoxy) is 3. The normalized spacial score (nSPS) is 26.3. The standard InChI is InChI=1S/C26H34N2O8/c1-3-5-21(31)28(13-16-6-4-9-35-16)19-12-18(26(33)27-7-8-29)22-17-10-15(14-30)11-20(34-2)24(17)36-25(22)23(19)32/h10-12,14,16,19,22-23,25,29,32H,3-9,13H2,1-2H3,(H,27,33)/t16-,19+,22-,23-,25-/m0/s1. The van der Waals surface area contributed by atoms with E-state index >= 15 is 0 Å². The second-order valence-electron chi connectivity index (χ2n) is 9.33. The number of nitrogens with zero attached hydrogens (tertiary/aromatic N) is 1. The van der Waals surface area contributed by atoms with Crippen LogP contribution < -0.4 is 14.8 Å². The van der Waals surface area contributed by atoms with E-state index in [0.717, 1.165) is 12.8 Å². The summed E-state index contributed by atoms with van der Waals surface area (Å²) in [6.45, 7) is 2.63. The molecule has 2 heterocycles. The number of carbonyl (C=O) groups excluding carboxylic acids is 3. The molecule has 0 spiro atoms. The zero-order chi connectivity index (χ0) is 25.8. The molecule has 0 bridgehead atoms. The minimum atomic E-state index is -1.15. The van der Waals surface area contributed by atoms with Crippen molar-refractivity contribution in [3.05, 3.63) is 34.9 Å². The first-order chi connectivity index (χ1) is 17.4. The number of amides is 2. The Balaban J connectivity index is 1.78. The van der Waals surface area contributed by atoms with Crippen LogP contribution in [0.2, 0.25) is 0 Å². The van der Waals surface area contributed by atoms with Crippen LogP contribution in [0, 0.1) is 0 Å². The van der Waals surface area contributed by atoms with Crippen molar-refractivity contribution in [3.63, 3.8) is 0 Å². The number of aliphatic hydroxyl groups excluding tert-OH is 2. The molecule has 3 N–H and O–H groups in total. The molecule has 5 atom stereocenters. The topological polar surface area (TPSA) is 135 Å². The molecule has 4 rings (SSSR count). The van der Waals surface area contributed by atoms with Gasteiger partial charge < -0.3 is 34.6 Å². The lowest BCUT2D eigenvalue weighted by Gasteiger charge is -2.41. The molecule has 1 aromatic carbocycles. The molecule has 2 aliphatic heterocycles. The monoisotopic (exact) mass is 502 g/mol. The van der Waals surface area contributed by atoms with Crippen molar-refractivity contribution in [2.45, 2.75) is 62.9 Å². The van der Waals surface area contributed by atoms with Crippen molar-refractivity contribution in [1.29, 1.82) is 0 Å². The van der Waals surface area contributed by atoms with Gasteiger partial charge >= 0.3 is 0 Å². The van der Waals surface area contributed by atoms with E-state index in [9.17, 15) is 24.6 Å². The van der Waals surface area contributed by atoms with Gasteiger partial charge in [0.15, 0.2) is 11.5 Å². The quantitative estimate of drug-likeness (QED) is 0.403. The van der Waals surface area contributed by atoms with E-state index in [2.05, 4.69) is 5.32 Å². The van der Waals surface area contributed by atoms with E-state index in [1.807, 2.05) is 6.92 Å². The highest BCUT2D eigenvalue weighted by molar-refractivity contribution is 5.96. The molecule has 10 nitrogen and oxygen atoms in total. The number of hydrogen-bond acceptors (Lipinski definition) is 8. The number of hydrogen-bond donors (Lipinski definition) is 3. The molecule has 1 fully saturated rings. The van der Waals surface area contributed by atoms with E-state index < -0.39 is 30.1 Å². The molecule has 1 aromatic rings. The number of benzene rings is 1. The maximum absolute atomic E-state index is 13.3. The fourth-order valence-corrected chi connectivity index (χ4v) is 5.31. The summed E-state index contributed by atoms with van der Waals surface area (Å²) in [5, 5.41) is 23.5. The highest BCUT2D eigenvalue weighted by Gasteiger charge is 2.51. The molecule has 1 saturated heterocycles. The summed E-state index contributed by atoms with van der Waals surface area (Å²) in [4.78, 5) is 39.7. The summed E-state index contributed by atoms with van der Waals surface area (Å²) in [6.07, 6.45) is 2.77. The van der Waals surface area contributed by atoms with Gasteiger partial charge in [0.2, 0.25) is 11.8 Å². The van der Waals surface area contributed by atoms with Gasteiger partial charge in [-0.2, -0.15) is 0 Å². The number of nitrogens with one attached hydrogen (secondary N) is 1. The highest BCUT2D eigenvalue weighted by Crippen LogP contribution is 2.51. The van der Waals surface area contributed by atoms with E-state index in [-0.39, 0.29) is 25.2 Å². The number of fused-ring (bicyclic) bond motifs is 3. The van der Waals surface area contributed by atoms with Crippen LogP contribution in [0.4, 0.5) is 0 Å². The van der Waals surface area contributed by atoms with Crippen LogP contribution in [0.1, 0.15) is 54.4 Å². The van der Waals surface area contributed by atoms with Crippen LogP contribution in [0.5, 0.6) is 11.5 Å². The third-order valence-electron chi connectivity index (χ3n) is 6.98. The number of aldehydes is 1. The molecular weight excluding hydrogens is 468 g/mol. The van der Waals surface area contributed by atoms with Gasteiger partial charge in [-0.25, -0.2) is 0 Å². The predicted molar refractivity (Wildman–Crippen MR) is 129 cm³/mol. The van der Waals surface area contributed by atoms with Gasteiger partial charge in [0.1, 0.15) is 18.5 Å². The van der Waals surface area contributed by atoms with Gasteiger partial charge in [-0.15, -0.1) is 0 Å². The number of methoxy groups -OCH3 is 1. The van der Waals surface area contributed by atoms with Gasteiger partial charge in [0.05, 0.1) is 31.8 Å². The molecule has 0 saturated carbocycles. The lowest BCUT2D eigenvalue weighted by Crippen LogP contribution is -2.57. The van der Waals surface area contributed by atoms with Crippen molar-refractivity contribution >= 4 is 18.1 Å². The Bertz CT molecular complexity index is 1020. The van der Waals surface area contributed by atoms with E-state index in [1.165, 1.54) is 13.2 Å². The van der Waals surface area contributed by atoms with Gasteiger partial charge in [-0.3, -0.25) is 14.4 Å². The van der Waals surface area contributed by atoms with E-state index in [4.69, 9.17) is 14.2 Å². The van der Waals surface area contributed by atoms with Crippen LogP contribution in [0.3, 0.4) is 0 Å². The first-order valence-electron chi connectivity index (χ1n) is 12.5. The second kappa shape index (κ2) is 11.4. The predicted octanol–water partition coefficient (Wildman–Crippen LogP) is 0.938. The van der Waals surface area contributed by atoms with Crippen LogP contribution in [-0.2, 0) is 14.3 Å². The summed E-state index contributed by atoms with van der Waals surface area (Å²) < 4.78 is 17.4. The molecule has 10 heteroatoms. The summed E-state index contributed by atoms with van der Waals surface area (Å²) in [5.74, 6) is -0.601. The van der Waals surface area contributed by atoms with Crippen LogP contribution >= 0.6 is 0 Å². The fraction of sp³-hybridized carbons (Fsp3) is 0.577. The average Bonchev–Trinajstić information content (AvgIpc) is 3.54. The zero-order valence-corrected chi connectivity index (χ0v) is 20.6. The SMILES string of the molecule is CCCC(=O)N(C[C@@H]1CCCO1)[C@@H]1C=C(C(=O)NCCO)[C@@H]2c3cc(C=O)cc(OC)c3O[C@@H]2[C@H]1O. The highest BCUT2D eigenvalue weighted by atomic mass is 16.5. The number of rotatable bonds is 10. The van der Waals surface area contributed by atoms with Gasteiger partial charge in [0.25, 0.3) is 0 Å². The van der Waals surface area contributed by atoms with Crippen molar-refractivity contribution in [2.75, 3.05) is 33.4 Å². The molecule has 0 aromatic heterocycles. The first kappa shape index (κ1) is 26.1. The maximum Gasteiger partial charge on any atom is 0.247 e. The average molecular weight is 503 g/mol. The number of carbonyl (C=O) groups is 3. The smallest absolute Gasteiger partial charge is 0.247 e. The van der Waals surface area contributed by atoms with Gasteiger partial charge in [-0.1, -0.05) is 6.92 Å². The lowest BCUT2D eigenvalue weighted by atomic mass is 9.77. The molecule has 196 valence electrons. The molecule has 0 radical (unpaired) electrons. The summed E-state index contributed by atoms with van der Waals surface area (Å²) in [6, 6.07) is 2.34. The molecule has 36 heavy (non-hydrogen) atoms. The minimum absolute atomic E-state index is 0.0422. The third kappa shape index (κ3) is 4.98. The maximum atomic E-state index is 13.3. The Hall–Kier alpha value is -2.95.